The van der Waals surface area contributed by atoms with E-state index in [2.05, 4.69) is 15.4 Å². The molecular weight excluding hydrogens is 268 g/mol. The fourth-order valence-electron chi connectivity index (χ4n) is 1.74. The van der Waals surface area contributed by atoms with Gasteiger partial charge in [0.05, 0.1) is 6.61 Å². The average Bonchev–Trinajstić information content (AvgIpc) is 2.47. The molecule has 1 aromatic carbocycles. The quantitative estimate of drug-likeness (QED) is 0.628. The van der Waals surface area contributed by atoms with E-state index in [-0.39, 0.29) is 5.92 Å². The predicted octanol–water partition coefficient (Wildman–Crippen LogP) is 3.08. The summed E-state index contributed by atoms with van der Waals surface area (Å²) in [6.45, 7) is 6.56. The molecule has 0 atom stereocenters. The largest absolute Gasteiger partial charge is 0.494 e. The molecule has 1 heterocycles. The van der Waals surface area contributed by atoms with Crippen LogP contribution >= 0.6 is 0 Å². The van der Waals surface area contributed by atoms with E-state index in [1.807, 2.05) is 45.0 Å². The van der Waals surface area contributed by atoms with Crippen molar-refractivity contribution in [2.45, 2.75) is 26.7 Å². The van der Waals surface area contributed by atoms with Gasteiger partial charge in [0, 0.05) is 18.1 Å². The third-order valence-electron chi connectivity index (χ3n) is 2.72. The van der Waals surface area contributed by atoms with E-state index in [0.29, 0.717) is 29.9 Å². The van der Waals surface area contributed by atoms with Crippen LogP contribution < -0.4 is 20.7 Å². The molecule has 21 heavy (non-hydrogen) atoms. The summed E-state index contributed by atoms with van der Waals surface area (Å²) in [6, 6.07) is 9.06. The van der Waals surface area contributed by atoms with Gasteiger partial charge in [0.2, 0.25) is 5.88 Å². The van der Waals surface area contributed by atoms with Crippen LogP contribution in [0.15, 0.2) is 30.3 Å². The Labute approximate surface area is 124 Å². The number of nitrogens with one attached hydrogen (secondary N) is 1. The van der Waals surface area contributed by atoms with Crippen LogP contribution in [0.4, 0.5) is 5.82 Å². The number of hydrogen-bond acceptors (Lipinski definition) is 6. The Morgan fingerprint density at radius 2 is 1.95 bits per heavy atom. The number of anilines is 1. The van der Waals surface area contributed by atoms with Gasteiger partial charge in [0.1, 0.15) is 23.1 Å². The maximum atomic E-state index is 5.77. The molecule has 2 aromatic rings. The minimum Gasteiger partial charge on any atom is -0.494 e. The number of nitrogens with two attached hydrogens (primary N) is 1. The Balaban J connectivity index is 2.26. The molecule has 6 nitrogen and oxygen atoms in total. The first-order valence-electron chi connectivity index (χ1n) is 6.88. The molecule has 2 rings (SSSR count). The number of nitrogen functional groups attached to an aromatic ring is 1. The molecule has 0 saturated carbocycles. The number of aromatic nitrogens is 2. The molecule has 0 aliphatic rings. The molecule has 112 valence electrons. The molecule has 0 saturated heterocycles. The van der Waals surface area contributed by atoms with Crippen LogP contribution in [-0.4, -0.2) is 16.6 Å². The minimum absolute atomic E-state index is 0.176. The Bertz CT molecular complexity index is 602. The van der Waals surface area contributed by atoms with E-state index < -0.39 is 0 Å². The number of hydrogen-bond donors (Lipinski definition) is 2. The lowest BCUT2D eigenvalue weighted by Gasteiger charge is -2.11. The van der Waals surface area contributed by atoms with Gasteiger partial charge in [-0.1, -0.05) is 19.9 Å². The maximum absolute atomic E-state index is 5.77. The highest BCUT2D eigenvalue weighted by atomic mass is 16.5. The molecule has 0 fully saturated rings. The van der Waals surface area contributed by atoms with Crippen LogP contribution in [-0.2, 0) is 0 Å². The number of rotatable bonds is 6. The van der Waals surface area contributed by atoms with Crippen LogP contribution in [0.25, 0.3) is 0 Å². The third-order valence-corrected chi connectivity index (χ3v) is 2.72. The van der Waals surface area contributed by atoms with E-state index in [4.69, 9.17) is 15.3 Å². The number of nitrogens with zero attached hydrogens (tertiary/aromatic N) is 2. The van der Waals surface area contributed by atoms with E-state index >= 15 is 0 Å². The fraction of sp³-hybridized carbons (Fsp3) is 0.333. The summed E-state index contributed by atoms with van der Waals surface area (Å²) in [5.74, 6) is 8.64. The summed E-state index contributed by atoms with van der Waals surface area (Å²) in [5, 5.41) is 0. The summed E-state index contributed by atoms with van der Waals surface area (Å²) in [5.41, 5.74) is 2.52. The van der Waals surface area contributed by atoms with Crippen LogP contribution in [0.1, 0.15) is 32.5 Å². The Morgan fingerprint density at radius 1 is 1.19 bits per heavy atom. The summed E-state index contributed by atoms with van der Waals surface area (Å²) in [6.07, 6.45) is 0. The van der Waals surface area contributed by atoms with E-state index in [0.717, 1.165) is 5.75 Å². The van der Waals surface area contributed by atoms with Crippen molar-refractivity contribution in [3.05, 3.63) is 36.2 Å². The fourth-order valence-corrected chi connectivity index (χ4v) is 1.74. The SMILES string of the molecule is CCOc1cccc(Oc2cc(NN)nc(C(C)C)n2)c1. The first-order chi connectivity index (χ1) is 10.1. The number of benzene rings is 1. The van der Waals surface area contributed by atoms with Crippen LogP contribution in [0.3, 0.4) is 0 Å². The van der Waals surface area contributed by atoms with Crippen molar-refractivity contribution in [3.63, 3.8) is 0 Å². The van der Waals surface area contributed by atoms with Gasteiger partial charge in [-0.15, -0.1) is 0 Å². The topological polar surface area (TPSA) is 82.3 Å². The molecule has 0 aliphatic heterocycles. The Morgan fingerprint density at radius 3 is 2.62 bits per heavy atom. The van der Waals surface area contributed by atoms with E-state index in [1.54, 1.807) is 6.07 Å². The van der Waals surface area contributed by atoms with Gasteiger partial charge in [0.25, 0.3) is 0 Å². The van der Waals surface area contributed by atoms with Gasteiger partial charge in [-0.2, -0.15) is 4.98 Å². The van der Waals surface area contributed by atoms with Crippen molar-refractivity contribution in [2.75, 3.05) is 12.0 Å². The van der Waals surface area contributed by atoms with Crippen molar-refractivity contribution in [1.82, 2.24) is 9.97 Å². The van der Waals surface area contributed by atoms with Gasteiger partial charge >= 0.3 is 0 Å². The predicted molar refractivity (Wildman–Crippen MR) is 81.6 cm³/mol. The Kier molecular flexibility index (Phi) is 4.94. The molecule has 0 amide bonds. The molecular formula is C15H20N4O2. The zero-order chi connectivity index (χ0) is 15.2. The van der Waals surface area contributed by atoms with Gasteiger partial charge in [-0.25, -0.2) is 10.8 Å². The summed E-state index contributed by atoms with van der Waals surface area (Å²) >= 11 is 0. The van der Waals surface area contributed by atoms with Crippen LogP contribution in [0, 0.1) is 0 Å². The monoisotopic (exact) mass is 288 g/mol. The molecule has 0 aliphatic carbocycles. The van der Waals surface area contributed by atoms with Gasteiger partial charge in [-0.3, -0.25) is 0 Å². The first-order valence-corrected chi connectivity index (χ1v) is 6.88. The highest BCUT2D eigenvalue weighted by molar-refractivity contribution is 5.40. The lowest BCUT2D eigenvalue weighted by molar-refractivity contribution is 0.338. The summed E-state index contributed by atoms with van der Waals surface area (Å²) in [7, 11) is 0. The highest BCUT2D eigenvalue weighted by Gasteiger charge is 2.09. The number of ether oxygens (including phenoxy) is 2. The molecule has 0 bridgehead atoms. The average molecular weight is 288 g/mol. The van der Waals surface area contributed by atoms with Crippen molar-refractivity contribution >= 4 is 5.82 Å². The standard InChI is InChI=1S/C15H20N4O2/c1-4-20-11-6-5-7-12(8-11)21-14-9-13(19-16)17-15(18-14)10(2)3/h5-10H,4,16H2,1-3H3,(H,17,18,19). The molecule has 3 N–H and O–H groups in total. The zero-order valence-electron chi connectivity index (χ0n) is 12.5. The lowest BCUT2D eigenvalue weighted by atomic mass is 10.2. The maximum Gasteiger partial charge on any atom is 0.224 e. The minimum atomic E-state index is 0.176. The van der Waals surface area contributed by atoms with E-state index in [1.165, 1.54) is 0 Å². The van der Waals surface area contributed by atoms with Crippen molar-refractivity contribution in [3.8, 4) is 17.4 Å². The van der Waals surface area contributed by atoms with Crippen molar-refractivity contribution in [1.29, 1.82) is 0 Å². The Hall–Kier alpha value is -2.34. The van der Waals surface area contributed by atoms with Gasteiger partial charge < -0.3 is 14.9 Å². The molecule has 1 aromatic heterocycles. The highest BCUT2D eigenvalue weighted by Crippen LogP contribution is 2.26. The summed E-state index contributed by atoms with van der Waals surface area (Å²) < 4.78 is 11.2. The van der Waals surface area contributed by atoms with Gasteiger partial charge in [-0.05, 0) is 19.1 Å². The normalized spacial score (nSPS) is 10.5. The second-order valence-corrected chi connectivity index (χ2v) is 4.76. The summed E-state index contributed by atoms with van der Waals surface area (Å²) in [4.78, 5) is 8.67. The van der Waals surface area contributed by atoms with Crippen molar-refractivity contribution < 1.29 is 9.47 Å². The first kappa shape index (κ1) is 15.1. The molecule has 0 radical (unpaired) electrons. The van der Waals surface area contributed by atoms with Crippen molar-refractivity contribution in [2.24, 2.45) is 5.84 Å². The number of hydrazine groups is 1. The van der Waals surface area contributed by atoms with Crippen LogP contribution in [0.5, 0.6) is 17.4 Å². The molecule has 6 heteroatoms. The second-order valence-electron chi connectivity index (χ2n) is 4.76. The molecule has 0 unspecified atom stereocenters. The zero-order valence-corrected chi connectivity index (χ0v) is 12.5. The lowest BCUT2D eigenvalue weighted by Crippen LogP contribution is -2.11. The van der Waals surface area contributed by atoms with Crippen LogP contribution in [0.2, 0.25) is 0 Å². The molecule has 0 spiro atoms. The third kappa shape index (κ3) is 4.06. The second kappa shape index (κ2) is 6.90. The van der Waals surface area contributed by atoms with E-state index in [9.17, 15) is 0 Å². The smallest absolute Gasteiger partial charge is 0.224 e. The van der Waals surface area contributed by atoms with Gasteiger partial charge in [0.15, 0.2) is 0 Å².